The molecular weight excluding hydrogens is 246 g/mol. The average Bonchev–Trinajstić information content (AvgIpc) is 2.79. The van der Waals surface area contributed by atoms with Crippen LogP contribution in [-0.4, -0.2) is 32.6 Å². The second-order valence-corrected chi connectivity index (χ2v) is 4.57. The lowest BCUT2D eigenvalue weighted by molar-refractivity contribution is -0.149. The van der Waals surface area contributed by atoms with Crippen LogP contribution in [0.25, 0.3) is 0 Å². The Kier molecular flexibility index (Phi) is 3.74. The Morgan fingerprint density at radius 3 is 2.68 bits per heavy atom. The van der Waals surface area contributed by atoms with Gasteiger partial charge in [0.25, 0.3) is 0 Å². The van der Waals surface area contributed by atoms with Crippen molar-refractivity contribution < 1.29 is 19.1 Å². The molecule has 0 spiro atoms. The Bertz CT molecular complexity index is 512. The number of aryl methyl sites for hydroxylation is 1. The number of esters is 1. The minimum absolute atomic E-state index is 0.189. The van der Waals surface area contributed by atoms with Gasteiger partial charge in [-0.15, -0.1) is 0 Å². The summed E-state index contributed by atoms with van der Waals surface area (Å²) in [7, 11) is 2.90. The number of carbonyl (C=O) groups is 2. The normalized spacial score (nSPS) is 21.9. The van der Waals surface area contributed by atoms with Crippen LogP contribution in [0.5, 0.6) is 5.75 Å². The van der Waals surface area contributed by atoms with Gasteiger partial charge in [-0.25, -0.2) is 0 Å². The summed E-state index contributed by atoms with van der Waals surface area (Å²) in [6.45, 7) is 2.39. The number of methoxy groups -OCH3 is 2. The zero-order chi connectivity index (χ0) is 14.0. The lowest BCUT2D eigenvalue weighted by atomic mass is 9.86. The van der Waals surface area contributed by atoms with Crippen LogP contribution < -0.4 is 10.1 Å². The van der Waals surface area contributed by atoms with Crippen molar-refractivity contribution in [2.24, 2.45) is 5.92 Å². The SMILES string of the molecule is COC(=O)C1C(=O)NC[C@H]1c1ccc(OC)cc1C. The van der Waals surface area contributed by atoms with E-state index in [4.69, 9.17) is 9.47 Å². The number of benzene rings is 1. The van der Waals surface area contributed by atoms with E-state index in [9.17, 15) is 9.59 Å². The van der Waals surface area contributed by atoms with Crippen molar-refractivity contribution in [2.45, 2.75) is 12.8 Å². The Balaban J connectivity index is 2.35. The summed E-state index contributed by atoms with van der Waals surface area (Å²) in [6, 6.07) is 5.63. The molecule has 2 atom stereocenters. The quantitative estimate of drug-likeness (QED) is 0.653. The molecule has 5 heteroatoms. The van der Waals surface area contributed by atoms with Crippen LogP contribution >= 0.6 is 0 Å². The number of rotatable bonds is 3. The molecule has 0 aromatic heterocycles. The topological polar surface area (TPSA) is 64.6 Å². The molecule has 1 aromatic rings. The van der Waals surface area contributed by atoms with E-state index >= 15 is 0 Å². The highest BCUT2D eigenvalue weighted by molar-refractivity contribution is 6.00. The third-order valence-corrected chi connectivity index (χ3v) is 3.51. The molecule has 1 aliphatic heterocycles. The highest BCUT2D eigenvalue weighted by atomic mass is 16.5. The Hall–Kier alpha value is -2.04. The van der Waals surface area contributed by atoms with Crippen molar-refractivity contribution >= 4 is 11.9 Å². The Morgan fingerprint density at radius 2 is 2.11 bits per heavy atom. The van der Waals surface area contributed by atoms with E-state index in [0.29, 0.717) is 6.54 Å². The van der Waals surface area contributed by atoms with Crippen LogP contribution in [0.1, 0.15) is 17.0 Å². The maximum atomic E-state index is 11.8. The number of nitrogens with one attached hydrogen (secondary N) is 1. The van der Waals surface area contributed by atoms with Gasteiger partial charge in [0.2, 0.25) is 5.91 Å². The van der Waals surface area contributed by atoms with Crippen LogP contribution in [0, 0.1) is 12.8 Å². The minimum Gasteiger partial charge on any atom is -0.497 e. The first kappa shape index (κ1) is 13.4. The molecule has 0 bridgehead atoms. The van der Waals surface area contributed by atoms with Gasteiger partial charge < -0.3 is 14.8 Å². The third kappa shape index (κ3) is 2.41. The summed E-state index contributed by atoms with van der Waals surface area (Å²) in [5, 5.41) is 2.72. The molecule has 1 saturated heterocycles. The van der Waals surface area contributed by atoms with Crippen LogP contribution in [0.3, 0.4) is 0 Å². The first-order chi connectivity index (χ1) is 9.08. The zero-order valence-electron chi connectivity index (χ0n) is 11.2. The molecule has 102 valence electrons. The van der Waals surface area contributed by atoms with E-state index in [-0.39, 0.29) is 11.8 Å². The summed E-state index contributed by atoms with van der Waals surface area (Å²) < 4.78 is 9.87. The van der Waals surface area contributed by atoms with Gasteiger partial charge in [-0.1, -0.05) is 6.07 Å². The molecular formula is C14H17NO4. The van der Waals surface area contributed by atoms with Crippen molar-refractivity contribution in [2.75, 3.05) is 20.8 Å². The summed E-state index contributed by atoms with van der Waals surface area (Å²) in [5.74, 6) is -0.960. The van der Waals surface area contributed by atoms with Crippen LogP contribution in [0.2, 0.25) is 0 Å². The fourth-order valence-electron chi connectivity index (χ4n) is 2.50. The van der Waals surface area contributed by atoms with Gasteiger partial charge in [-0.05, 0) is 30.2 Å². The monoisotopic (exact) mass is 263 g/mol. The molecule has 19 heavy (non-hydrogen) atoms. The fraction of sp³-hybridized carbons (Fsp3) is 0.429. The van der Waals surface area contributed by atoms with E-state index in [0.717, 1.165) is 16.9 Å². The van der Waals surface area contributed by atoms with Crippen LogP contribution in [0.15, 0.2) is 18.2 Å². The van der Waals surface area contributed by atoms with Gasteiger partial charge in [0.15, 0.2) is 0 Å². The van der Waals surface area contributed by atoms with Gasteiger partial charge >= 0.3 is 5.97 Å². The fourth-order valence-corrected chi connectivity index (χ4v) is 2.50. The summed E-state index contributed by atoms with van der Waals surface area (Å²) in [5.41, 5.74) is 1.96. The average molecular weight is 263 g/mol. The summed E-state index contributed by atoms with van der Waals surface area (Å²) in [6.07, 6.45) is 0. The molecule has 1 heterocycles. The van der Waals surface area contributed by atoms with E-state index in [2.05, 4.69) is 5.32 Å². The lowest BCUT2D eigenvalue weighted by Gasteiger charge is -2.17. The highest BCUT2D eigenvalue weighted by Gasteiger charge is 2.42. The second kappa shape index (κ2) is 5.30. The molecule has 5 nitrogen and oxygen atoms in total. The molecule has 0 aliphatic carbocycles. The molecule has 1 aliphatic rings. The van der Waals surface area contributed by atoms with Gasteiger partial charge in [0.05, 0.1) is 14.2 Å². The maximum absolute atomic E-state index is 11.8. The van der Waals surface area contributed by atoms with Gasteiger partial charge in [-0.3, -0.25) is 9.59 Å². The van der Waals surface area contributed by atoms with E-state index in [1.165, 1.54) is 7.11 Å². The molecule has 1 fully saturated rings. The number of amides is 1. The zero-order valence-corrected chi connectivity index (χ0v) is 11.2. The number of carbonyl (C=O) groups excluding carboxylic acids is 2. The van der Waals surface area contributed by atoms with E-state index in [1.807, 2.05) is 25.1 Å². The van der Waals surface area contributed by atoms with Crippen LogP contribution in [-0.2, 0) is 14.3 Å². The van der Waals surface area contributed by atoms with E-state index in [1.54, 1.807) is 7.11 Å². The second-order valence-electron chi connectivity index (χ2n) is 4.57. The summed E-state index contributed by atoms with van der Waals surface area (Å²) >= 11 is 0. The molecule has 0 radical (unpaired) electrons. The van der Waals surface area contributed by atoms with Crippen molar-refractivity contribution in [1.82, 2.24) is 5.32 Å². The van der Waals surface area contributed by atoms with Gasteiger partial charge in [0, 0.05) is 12.5 Å². The smallest absolute Gasteiger partial charge is 0.318 e. The Labute approximate surface area is 111 Å². The number of hydrogen-bond donors (Lipinski definition) is 1. The first-order valence-corrected chi connectivity index (χ1v) is 6.08. The molecule has 1 aromatic carbocycles. The molecule has 1 N–H and O–H groups in total. The molecule has 1 unspecified atom stereocenters. The van der Waals surface area contributed by atoms with Crippen molar-refractivity contribution in [3.8, 4) is 5.75 Å². The van der Waals surface area contributed by atoms with Crippen molar-refractivity contribution in [1.29, 1.82) is 0 Å². The minimum atomic E-state index is -0.767. The van der Waals surface area contributed by atoms with Gasteiger partial charge in [-0.2, -0.15) is 0 Å². The number of ether oxygens (including phenoxy) is 2. The molecule has 2 rings (SSSR count). The largest absolute Gasteiger partial charge is 0.497 e. The van der Waals surface area contributed by atoms with E-state index < -0.39 is 11.9 Å². The molecule has 0 saturated carbocycles. The highest BCUT2D eigenvalue weighted by Crippen LogP contribution is 2.33. The molecule has 1 amide bonds. The number of hydrogen-bond acceptors (Lipinski definition) is 4. The third-order valence-electron chi connectivity index (χ3n) is 3.51. The maximum Gasteiger partial charge on any atom is 0.318 e. The standard InChI is InChI=1S/C14H17NO4/c1-8-6-9(18-2)4-5-10(8)11-7-15-13(16)12(11)14(17)19-3/h4-6,11-12H,7H2,1-3H3,(H,15,16)/t11-,12?/m0/s1. The Morgan fingerprint density at radius 1 is 1.37 bits per heavy atom. The van der Waals surface area contributed by atoms with Crippen molar-refractivity contribution in [3.05, 3.63) is 29.3 Å². The van der Waals surface area contributed by atoms with Gasteiger partial charge in [0.1, 0.15) is 11.7 Å². The van der Waals surface area contributed by atoms with Crippen molar-refractivity contribution in [3.63, 3.8) is 0 Å². The predicted molar refractivity (Wildman–Crippen MR) is 69.0 cm³/mol. The summed E-state index contributed by atoms with van der Waals surface area (Å²) in [4.78, 5) is 23.5. The predicted octanol–water partition coefficient (Wildman–Crippen LogP) is 1.01. The first-order valence-electron chi connectivity index (χ1n) is 6.08. The lowest BCUT2D eigenvalue weighted by Crippen LogP contribution is -2.28. The van der Waals surface area contributed by atoms with Crippen LogP contribution in [0.4, 0.5) is 0 Å².